The van der Waals surface area contributed by atoms with E-state index in [2.05, 4.69) is 17.7 Å². The highest BCUT2D eigenvalue weighted by Gasteiger charge is 2.61. The number of nitrogens with one attached hydrogen (secondary N) is 2. The van der Waals surface area contributed by atoms with Gasteiger partial charge in [0.25, 0.3) is 11.6 Å². The van der Waals surface area contributed by atoms with Crippen LogP contribution in [0.15, 0.2) is 66.7 Å². The zero-order chi connectivity index (χ0) is 22.7. The van der Waals surface area contributed by atoms with Gasteiger partial charge in [-0.3, -0.25) is 4.79 Å². The van der Waals surface area contributed by atoms with Gasteiger partial charge in [-0.25, -0.2) is 4.39 Å². The maximum Gasteiger partial charge on any atom is 0.291 e. The van der Waals surface area contributed by atoms with Gasteiger partial charge >= 0.3 is 0 Å². The molecule has 166 valence electrons. The third-order valence-electron chi connectivity index (χ3n) is 6.55. The Morgan fingerprint density at radius 2 is 1.97 bits per heavy atom. The molecule has 2 N–H and O–H groups in total. The minimum Gasteiger partial charge on any atom is -0.493 e. The monoisotopic (exact) mass is 443 g/mol. The maximum absolute atomic E-state index is 13.6. The highest BCUT2D eigenvalue weighted by Crippen LogP contribution is 2.55. The van der Waals surface area contributed by atoms with Crippen molar-refractivity contribution in [3.05, 3.63) is 94.8 Å². The van der Waals surface area contributed by atoms with Crippen LogP contribution in [0, 0.1) is 5.82 Å². The average molecular weight is 443 g/mol. The first kappa shape index (κ1) is 19.8. The molecule has 3 aliphatic rings. The number of carbonyl (C=O) groups is 1. The SMILES string of the molecule is CCc1ccc2c(c1)C1(Oc3c(OC)cccc3C3C=C(c4ccc(F)cc4)NN31)C(=O)N2. The van der Waals surface area contributed by atoms with Crippen LogP contribution < -0.4 is 20.2 Å². The quantitative estimate of drug-likeness (QED) is 0.624. The summed E-state index contributed by atoms with van der Waals surface area (Å²) in [6.07, 6.45) is 2.86. The first-order valence-electron chi connectivity index (χ1n) is 10.9. The van der Waals surface area contributed by atoms with E-state index in [4.69, 9.17) is 9.47 Å². The summed E-state index contributed by atoms with van der Waals surface area (Å²) in [5.74, 6) is 0.502. The molecule has 33 heavy (non-hydrogen) atoms. The standard InChI is InChI=1S/C26H22FN3O3/c1-3-15-7-12-20-19(13-15)26(25(31)28-20)30-22(18-5-4-6-23(32-2)24(18)33-26)14-21(29-30)16-8-10-17(27)11-9-16/h4-14,22,29H,3H2,1-2H3,(H,28,31). The van der Waals surface area contributed by atoms with Gasteiger partial charge in [-0.1, -0.05) is 25.1 Å². The number of hydrogen-bond donors (Lipinski definition) is 2. The lowest BCUT2D eigenvalue weighted by atomic mass is 9.93. The zero-order valence-corrected chi connectivity index (χ0v) is 18.2. The van der Waals surface area contributed by atoms with Crippen LogP contribution in [0.5, 0.6) is 11.5 Å². The molecule has 0 aliphatic carbocycles. The second-order valence-corrected chi connectivity index (χ2v) is 8.33. The maximum atomic E-state index is 13.6. The number of carbonyl (C=O) groups excluding carboxylic acids is 1. The van der Waals surface area contributed by atoms with E-state index in [1.54, 1.807) is 19.2 Å². The van der Waals surface area contributed by atoms with Crippen molar-refractivity contribution in [1.29, 1.82) is 0 Å². The third kappa shape index (κ3) is 2.72. The number of nitrogens with zero attached hydrogens (tertiary/aromatic N) is 1. The van der Waals surface area contributed by atoms with E-state index in [1.807, 2.05) is 47.5 Å². The van der Waals surface area contributed by atoms with Crippen LogP contribution in [0.2, 0.25) is 0 Å². The Hall–Kier alpha value is -3.84. The first-order valence-corrected chi connectivity index (χ1v) is 10.9. The molecule has 0 radical (unpaired) electrons. The Bertz CT molecular complexity index is 1320. The summed E-state index contributed by atoms with van der Waals surface area (Å²) in [6.45, 7) is 2.07. The van der Waals surface area contributed by atoms with Gasteiger partial charge in [0, 0.05) is 11.1 Å². The van der Waals surface area contributed by atoms with Crippen LogP contribution in [0.25, 0.3) is 5.70 Å². The average Bonchev–Trinajstić information content (AvgIpc) is 3.40. The Morgan fingerprint density at radius 1 is 1.15 bits per heavy atom. The molecule has 0 saturated heterocycles. The molecule has 1 amide bonds. The van der Waals surface area contributed by atoms with Crippen molar-refractivity contribution in [2.45, 2.75) is 25.1 Å². The van der Waals surface area contributed by atoms with Crippen LogP contribution in [-0.2, 0) is 16.9 Å². The van der Waals surface area contributed by atoms with Gasteiger partial charge in [-0.05, 0) is 66.1 Å². The number of aryl methyl sites for hydroxylation is 1. The number of hydrazine groups is 1. The number of anilines is 1. The van der Waals surface area contributed by atoms with Crippen molar-refractivity contribution in [2.75, 3.05) is 12.4 Å². The van der Waals surface area contributed by atoms with Gasteiger partial charge in [0.1, 0.15) is 5.82 Å². The lowest BCUT2D eigenvalue weighted by Gasteiger charge is -2.45. The fourth-order valence-corrected chi connectivity index (χ4v) is 4.87. The molecule has 3 aliphatic heterocycles. The lowest BCUT2D eigenvalue weighted by Crippen LogP contribution is -2.60. The minimum absolute atomic E-state index is 0.284. The largest absolute Gasteiger partial charge is 0.493 e. The number of ether oxygens (including phenoxy) is 2. The number of hydrogen-bond acceptors (Lipinski definition) is 5. The highest BCUT2D eigenvalue weighted by molar-refractivity contribution is 6.05. The van der Waals surface area contributed by atoms with Gasteiger partial charge in [-0.2, -0.15) is 5.01 Å². The van der Waals surface area contributed by atoms with Gasteiger partial charge in [0.2, 0.25) is 0 Å². The fraction of sp³-hybridized carbons (Fsp3) is 0.192. The molecule has 3 heterocycles. The predicted molar refractivity (Wildman–Crippen MR) is 122 cm³/mol. The second kappa shape index (κ2) is 7.08. The molecule has 3 aromatic carbocycles. The van der Waals surface area contributed by atoms with Crippen LogP contribution in [0.1, 0.15) is 35.2 Å². The number of amides is 1. The van der Waals surface area contributed by atoms with Crippen molar-refractivity contribution < 1.29 is 18.7 Å². The summed E-state index contributed by atoms with van der Waals surface area (Å²) in [6, 6.07) is 17.6. The molecule has 3 aromatic rings. The summed E-state index contributed by atoms with van der Waals surface area (Å²) in [4.78, 5) is 13.6. The fourth-order valence-electron chi connectivity index (χ4n) is 4.87. The number of para-hydroxylation sites is 1. The van der Waals surface area contributed by atoms with E-state index in [9.17, 15) is 9.18 Å². The minimum atomic E-state index is -1.44. The van der Waals surface area contributed by atoms with Crippen LogP contribution >= 0.6 is 0 Å². The molecule has 0 fully saturated rings. The molecule has 2 atom stereocenters. The smallest absolute Gasteiger partial charge is 0.291 e. The summed E-state index contributed by atoms with van der Waals surface area (Å²) in [7, 11) is 1.59. The molecule has 2 unspecified atom stereocenters. The molecule has 1 spiro atoms. The molecule has 0 bridgehead atoms. The summed E-state index contributed by atoms with van der Waals surface area (Å²) < 4.78 is 25.7. The van der Waals surface area contributed by atoms with Gasteiger partial charge in [0.05, 0.1) is 24.5 Å². The van der Waals surface area contributed by atoms with Crippen LogP contribution in [0.4, 0.5) is 10.1 Å². The number of fused-ring (bicyclic) bond motifs is 6. The van der Waals surface area contributed by atoms with E-state index >= 15 is 0 Å². The highest BCUT2D eigenvalue weighted by atomic mass is 19.1. The molecule has 0 saturated carbocycles. The van der Waals surface area contributed by atoms with E-state index in [1.165, 1.54) is 12.1 Å². The zero-order valence-electron chi connectivity index (χ0n) is 18.2. The van der Waals surface area contributed by atoms with Gasteiger partial charge in [0.15, 0.2) is 11.5 Å². The Kier molecular flexibility index (Phi) is 4.25. The van der Waals surface area contributed by atoms with Crippen molar-refractivity contribution in [3.63, 3.8) is 0 Å². The number of benzene rings is 3. The molecular weight excluding hydrogens is 421 g/mol. The van der Waals surface area contributed by atoms with E-state index in [-0.39, 0.29) is 17.8 Å². The van der Waals surface area contributed by atoms with Crippen molar-refractivity contribution in [2.24, 2.45) is 0 Å². The third-order valence-corrected chi connectivity index (χ3v) is 6.55. The number of methoxy groups -OCH3 is 1. The topological polar surface area (TPSA) is 62.8 Å². The number of halogens is 1. The summed E-state index contributed by atoms with van der Waals surface area (Å²) in [5, 5.41) is 4.83. The van der Waals surface area contributed by atoms with E-state index in [0.29, 0.717) is 17.2 Å². The Labute approximate surface area is 190 Å². The Balaban J connectivity index is 1.57. The van der Waals surface area contributed by atoms with Crippen molar-refractivity contribution in [1.82, 2.24) is 10.4 Å². The second-order valence-electron chi connectivity index (χ2n) is 8.33. The van der Waals surface area contributed by atoms with Crippen molar-refractivity contribution in [3.8, 4) is 11.5 Å². The predicted octanol–water partition coefficient (Wildman–Crippen LogP) is 4.50. The molecule has 0 aromatic heterocycles. The van der Waals surface area contributed by atoms with E-state index < -0.39 is 5.72 Å². The van der Waals surface area contributed by atoms with Crippen molar-refractivity contribution >= 4 is 17.3 Å². The number of rotatable bonds is 3. The van der Waals surface area contributed by atoms with Gasteiger partial charge < -0.3 is 20.2 Å². The molecule has 6 rings (SSSR count). The molecular formula is C26H22FN3O3. The molecule has 6 nitrogen and oxygen atoms in total. The normalized spacial score (nSPS) is 22.6. The summed E-state index contributed by atoms with van der Waals surface area (Å²) in [5.41, 5.74) is 6.97. The lowest BCUT2D eigenvalue weighted by molar-refractivity contribution is -0.166. The van der Waals surface area contributed by atoms with E-state index in [0.717, 1.165) is 34.4 Å². The van der Waals surface area contributed by atoms with Crippen LogP contribution in [0.3, 0.4) is 0 Å². The molecule has 7 heteroatoms. The Morgan fingerprint density at radius 3 is 2.73 bits per heavy atom. The first-order chi connectivity index (χ1) is 16.0. The van der Waals surface area contributed by atoms with Gasteiger partial charge in [-0.15, -0.1) is 0 Å². The van der Waals surface area contributed by atoms with Crippen LogP contribution in [-0.4, -0.2) is 18.0 Å². The summed E-state index contributed by atoms with van der Waals surface area (Å²) >= 11 is 0.